The number of rotatable bonds is 6. The summed E-state index contributed by atoms with van der Waals surface area (Å²) in [6.45, 7) is 5.13. The van der Waals surface area contributed by atoms with Gasteiger partial charge in [-0.25, -0.2) is 13.2 Å². The SMILES string of the molecule is CCCCC[C@H](c1c(F)ccc(F)c1F)N1CCNCC1.Cl.Cl. The van der Waals surface area contributed by atoms with Crippen LogP contribution in [0.25, 0.3) is 0 Å². The molecule has 1 aliphatic heterocycles. The minimum Gasteiger partial charge on any atom is -0.314 e. The first kappa shape index (κ1) is 22.5. The summed E-state index contributed by atoms with van der Waals surface area (Å²) in [5.74, 6) is -2.65. The van der Waals surface area contributed by atoms with E-state index in [0.29, 0.717) is 6.42 Å². The van der Waals surface area contributed by atoms with Gasteiger partial charge in [0.2, 0.25) is 0 Å². The van der Waals surface area contributed by atoms with Crippen LogP contribution in [0.1, 0.15) is 44.2 Å². The molecule has 7 heteroatoms. The molecule has 0 amide bonds. The first-order chi connectivity index (χ1) is 10.1. The number of benzene rings is 1. The summed E-state index contributed by atoms with van der Waals surface area (Å²) in [6, 6.07) is 1.51. The zero-order chi connectivity index (χ0) is 15.2. The Hall–Kier alpha value is -0.490. The fourth-order valence-corrected chi connectivity index (χ4v) is 2.94. The molecule has 0 unspecified atom stereocenters. The summed E-state index contributed by atoms with van der Waals surface area (Å²) >= 11 is 0. The second kappa shape index (κ2) is 11.1. The zero-order valence-electron chi connectivity index (χ0n) is 13.3. The molecular weight excluding hydrogens is 348 g/mol. The molecule has 1 heterocycles. The van der Waals surface area contributed by atoms with Gasteiger partial charge in [0.1, 0.15) is 5.82 Å². The molecule has 1 atom stereocenters. The largest absolute Gasteiger partial charge is 0.314 e. The van der Waals surface area contributed by atoms with Crippen molar-refractivity contribution in [2.24, 2.45) is 0 Å². The highest BCUT2D eigenvalue weighted by atomic mass is 35.5. The van der Waals surface area contributed by atoms with Gasteiger partial charge in [-0.1, -0.05) is 26.2 Å². The molecule has 23 heavy (non-hydrogen) atoms. The van der Waals surface area contributed by atoms with Gasteiger partial charge < -0.3 is 5.32 Å². The Morgan fingerprint density at radius 1 is 1.04 bits per heavy atom. The van der Waals surface area contributed by atoms with Gasteiger partial charge in [0.15, 0.2) is 11.6 Å². The molecule has 1 aromatic rings. The van der Waals surface area contributed by atoms with Crippen molar-refractivity contribution in [1.29, 1.82) is 0 Å². The molecule has 1 N–H and O–H groups in total. The highest BCUT2D eigenvalue weighted by molar-refractivity contribution is 5.85. The van der Waals surface area contributed by atoms with E-state index in [1.165, 1.54) is 0 Å². The molecule has 1 aliphatic rings. The third kappa shape index (κ3) is 5.82. The van der Waals surface area contributed by atoms with E-state index in [9.17, 15) is 13.2 Å². The van der Waals surface area contributed by atoms with Gasteiger partial charge in [-0.05, 0) is 18.6 Å². The van der Waals surface area contributed by atoms with Gasteiger partial charge in [-0.3, -0.25) is 4.90 Å². The molecule has 0 aliphatic carbocycles. The number of hydrogen-bond acceptors (Lipinski definition) is 2. The summed E-state index contributed by atoms with van der Waals surface area (Å²) in [5, 5.41) is 3.23. The van der Waals surface area contributed by atoms with Crippen LogP contribution in [0.2, 0.25) is 0 Å². The number of halogens is 5. The summed E-state index contributed by atoms with van der Waals surface area (Å²) in [6.07, 6.45) is 3.61. The first-order valence-corrected chi connectivity index (χ1v) is 7.73. The molecule has 0 spiro atoms. The lowest BCUT2D eigenvalue weighted by atomic mass is 9.97. The van der Waals surface area contributed by atoms with E-state index in [0.717, 1.165) is 57.6 Å². The van der Waals surface area contributed by atoms with Crippen molar-refractivity contribution >= 4 is 24.8 Å². The van der Waals surface area contributed by atoms with Crippen LogP contribution in [0.5, 0.6) is 0 Å². The molecule has 1 saturated heterocycles. The van der Waals surface area contributed by atoms with E-state index < -0.39 is 17.5 Å². The second-order valence-electron chi connectivity index (χ2n) is 5.55. The topological polar surface area (TPSA) is 15.3 Å². The van der Waals surface area contributed by atoms with Crippen LogP contribution in [0.3, 0.4) is 0 Å². The third-order valence-corrected chi connectivity index (χ3v) is 4.09. The van der Waals surface area contributed by atoms with Gasteiger partial charge in [0, 0.05) is 37.8 Å². The predicted molar refractivity (Wildman–Crippen MR) is 92.1 cm³/mol. The number of nitrogens with zero attached hydrogens (tertiary/aromatic N) is 1. The van der Waals surface area contributed by atoms with Crippen molar-refractivity contribution in [3.05, 3.63) is 35.1 Å². The highest BCUT2D eigenvalue weighted by Gasteiger charge is 2.28. The monoisotopic (exact) mass is 372 g/mol. The Kier molecular flexibility index (Phi) is 10.9. The molecule has 0 bridgehead atoms. The van der Waals surface area contributed by atoms with Crippen molar-refractivity contribution < 1.29 is 13.2 Å². The maximum Gasteiger partial charge on any atom is 0.166 e. The van der Waals surface area contributed by atoms with Crippen LogP contribution in [-0.4, -0.2) is 31.1 Å². The van der Waals surface area contributed by atoms with Gasteiger partial charge in [-0.2, -0.15) is 0 Å². The van der Waals surface area contributed by atoms with Crippen LogP contribution in [0, 0.1) is 17.5 Å². The Morgan fingerprint density at radius 3 is 2.26 bits per heavy atom. The van der Waals surface area contributed by atoms with Gasteiger partial charge in [0.25, 0.3) is 0 Å². The lowest BCUT2D eigenvalue weighted by Gasteiger charge is -2.35. The van der Waals surface area contributed by atoms with Gasteiger partial charge in [0.05, 0.1) is 0 Å². The van der Waals surface area contributed by atoms with E-state index >= 15 is 0 Å². The smallest absolute Gasteiger partial charge is 0.166 e. The van der Waals surface area contributed by atoms with E-state index in [-0.39, 0.29) is 36.4 Å². The average molecular weight is 373 g/mol. The summed E-state index contributed by atoms with van der Waals surface area (Å²) < 4.78 is 41.7. The summed E-state index contributed by atoms with van der Waals surface area (Å²) in [7, 11) is 0. The first-order valence-electron chi connectivity index (χ1n) is 7.73. The Labute approximate surface area is 148 Å². The van der Waals surface area contributed by atoms with E-state index in [1.54, 1.807) is 0 Å². The quantitative estimate of drug-likeness (QED) is 0.585. The van der Waals surface area contributed by atoms with Crippen LogP contribution >= 0.6 is 24.8 Å². The molecule has 134 valence electrons. The number of nitrogens with one attached hydrogen (secondary N) is 1. The molecule has 2 rings (SSSR count). The van der Waals surface area contributed by atoms with Crippen LogP contribution in [0.15, 0.2) is 12.1 Å². The fourth-order valence-electron chi connectivity index (χ4n) is 2.94. The second-order valence-corrected chi connectivity index (χ2v) is 5.55. The van der Waals surface area contributed by atoms with Crippen LogP contribution in [-0.2, 0) is 0 Å². The maximum absolute atomic E-state index is 14.1. The number of piperazine rings is 1. The average Bonchev–Trinajstić information content (AvgIpc) is 2.51. The number of unbranched alkanes of at least 4 members (excludes halogenated alkanes) is 2. The molecule has 0 radical (unpaired) electrons. The van der Waals surface area contributed by atoms with E-state index in [4.69, 9.17) is 0 Å². The van der Waals surface area contributed by atoms with Crippen molar-refractivity contribution in [2.75, 3.05) is 26.2 Å². The Balaban J connectivity index is 0.00000242. The fraction of sp³-hybridized carbons (Fsp3) is 0.625. The zero-order valence-corrected chi connectivity index (χ0v) is 14.9. The molecule has 1 aromatic carbocycles. The minimum absolute atomic E-state index is 0. The normalized spacial score (nSPS) is 16.3. The van der Waals surface area contributed by atoms with Crippen LogP contribution < -0.4 is 5.32 Å². The lowest BCUT2D eigenvalue weighted by molar-refractivity contribution is 0.155. The van der Waals surface area contributed by atoms with E-state index in [2.05, 4.69) is 17.1 Å². The van der Waals surface area contributed by atoms with Crippen molar-refractivity contribution in [3.63, 3.8) is 0 Å². The third-order valence-electron chi connectivity index (χ3n) is 4.09. The minimum atomic E-state index is -1.03. The molecule has 0 aromatic heterocycles. The van der Waals surface area contributed by atoms with Gasteiger partial charge >= 0.3 is 0 Å². The predicted octanol–water partition coefficient (Wildman–Crippen LogP) is 4.47. The van der Waals surface area contributed by atoms with Crippen molar-refractivity contribution in [1.82, 2.24) is 10.2 Å². The molecule has 2 nitrogen and oxygen atoms in total. The Morgan fingerprint density at radius 2 is 1.65 bits per heavy atom. The Bertz CT molecular complexity index is 469. The van der Waals surface area contributed by atoms with E-state index in [1.807, 2.05) is 0 Å². The maximum atomic E-state index is 14.1. The van der Waals surface area contributed by atoms with Gasteiger partial charge in [-0.15, -0.1) is 24.8 Å². The molecule has 1 fully saturated rings. The standard InChI is InChI=1S/C16H23F3N2.2ClH/c1-2-3-4-5-14(21-10-8-20-9-11-21)15-12(17)6-7-13(18)16(15)19;;/h6-7,14,20H,2-5,8-11H2,1H3;2*1H/t14-;;/m1../s1. The summed E-state index contributed by atoms with van der Waals surface area (Å²) in [4.78, 5) is 2.06. The van der Waals surface area contributed by atoms with Crippen molar-refractivity contribution in [3.8, 4) is 0 Å². The summed E-state index contributed by atoms with van der Waals surface area (Å²) in [5.41, 5.74) is -0.104. The number of hydrogen-bond donors (Lipinski definition) is 1. The highest BCUT2D eigenvalue weighted by Crippen LogP contribution is 2.32. The molecule has 0 saturated carbocycles. The lowest BCUT2D eigenvalue weighted by Crippen LogP contribution is -2.45. The molecular formula is C16H25Cl2F3N2. The van der Waals surface area contributed by atoms with Crippen molar-refractivity contribution in [2.45, 2.75) is 38.6 Å². The van der Waals surface area contributed by atoms with Crippen LogP contribution in [0.4, 0.5) is 13.2 Å².